The van der Waals surface area contributed by atoms with Crippen LogP contribution in [0, 0.1) is 0 Å². The van der Waals surface area contributed by atoms with Gasteiger partial charge in [-0.1, -0.05) is 40.2 Å². The van der Waals surface area contributed by atoms with E-state index >= 15 is 0 Å². The molecule has 0 aromatic rings. The number of hydrogen-bond donors (Lipinski definition) is 0. The Kier molecular flexibility index (Phi) is 5.40. The highest BCUT2D eigenvalue weighted by Crippen LogP contribution is 2.15. The highest BCUT2D eigenvalue weighted by Gasteiger charge is 2.09. The minimum absolute atomic E-state index is 0.452. The molecule has 0 N–H and O–H groups in total. The van der Waals surface area contributed by atoms with E-state index in [0.717, 1.165) is 31.2 Å². The molecule has 74 valence electrons. The van der Waals surface area contributed by atoms with Gasteiger partial charge in [-0.2, -0.15) is 0 Å². The largest absolute Gasteiger partial charge is 0.374 e. The third kappa shape index (κ3) is 4.63. The van der Waals surface area contributed by atoms with Crippen molar-refractivity contribution >= 4 is 15.9 Å². The Morgan fingerprint density at radius 3 is 3.00 bits per heavy atom. The molecule has 2 heteroatoms. The van der Waals surface area contributed by atoms with Gasteiger partial charge in [0, 0.05) is 5.33 Å². The van der Waals surface area contributed by atoms with Crippen LogP contribution in [0.1, 0.15) is 25.7 Å². The van der Waals surface area contributed by atoms with Gasteiger partial charge in [0.05, 0.1) is 12.7 Å². The Hall–Kier alpha value is -0.0800. The minimum Gasteiger partial charge on any atom is -0.374 e. The highest BCUT2D eigenvalue weighted by molar-refractivity contribution is 9.09. The zero-order chi connectivity index (χ0) is 9.52. The third-order valence-electron chi connectivity index (χ3n) is 2.24. The second-order valence-corrected chi connectivity index (χ2v) is 4.00. The average molecular weight is 245 g/mol. The summed E-state index contributed by atoms with van der Waals surface area (Å²) in [7, 11) is 0. The number of hydrogen-bond acceptors (Lipinski definition) is 1. The fourth-order valence-corrected chi connectivity index (χ4v) is 1.70. The molecule has 0 aromatic carbocycles. The molecule has 1 nitrogen and oxygen atoms in total. The van der Waals surface area contributed by atoms with Crippen molar-refractivity contribution in [3.63, 3.8) is 0 Å². The van der Waals surface area contributed by atoms with Gasteiger partial charge >= 0.3 is 0 Å². The molecule has 13 heavy (non-hydrogen) atoms. The van der Waals surface area contributed by atoms with Crippen LogP contribution in [-0.2, 0) is 4.74 Å². The van der Waals surface area contributed by atoms with Gasteiger partial charge in [-0.25, -0.2) is 0 Å². The molecule has 1 aliphatic rings. The van der Waals surface area contributed by atoms with Crippen LogP contribution in [0.15, 0.2) is 24.3 Å². The summed E-state index contributed by atoms with van der Waals surface area (Å²) in [6.07, 6.45) is 9.32. The van der Waals surface area contributed by atoms with E-state index in [-0.39, 0.29) is 0 Å². The van der Waals surface area contributed by atoms with Crippen LogP contribution in [-0.4, -0.2) is 18.0 Å². The van der Waals surface area contributed by atoms with Gasteiger partial charge in [-0.3, -0.25) is 0 Å². The van der Waals surface area contributed by atoms with Crippen LogP contribution in [0.2, 0.25) is 0 Å². The highest BCUT2D eigenvalue weighted by atomic mass is 79.9. The van der Waals surface area contributed by atoms with Crippen LogP contribution in [0.3, 0.4) is 0 Å². The van der Waals surface area contributed by atoms with Crippen molar-refractivity contribution in [1.82, 2.24) is 0 Å². The molecule has 1 heterocycles. The van der Waals surface area contributed by atoms with E-state index in [9.17, 15) is 0 Å². The maximum absolute atomic E-state index is 5.57. The molecular weight excluding hydrogens is 228 g/mol. The van der Waals surface area contributed by atoms with Crippen LogP contribution in [0.25, 0.3) is 0 Å². The lowest BCUT2D eigenvalue weighted by molar-refractivity contribution is 0.0604. The Balaban J connectivity index is 2.05. The van der Waals surface area contributed by atoms with E-state index in [1.165, 1.54) is 12.0 Å². The first-order valence-corrected chi connectivity index (χ1v) is 5.94. The van der Waals surface area contributed by atoms with Crippen molar-refractivity contribution in [2.75, 3.05) is 11.9 Å². The van der Waals surface area contributed by atoms with E-state index in [1.807, 2.05) is 0 Å². The van der Waals surface area contributed by atoms with Gasteiger partial charge in [0.25, 0.3) is 0 Å². The summed E-state index contributed by atoms with van der Waals surface area (Å²) >= 11 is 3.40. The van der Waals surface area contributed by atoms with Crippen LogP contribution in [0.4, 0.5) is 0 Å². The van der Waals surface area contributed by atoms with Gasteiger partial charge in [-0.15, -0.1) is 0 Å². The van der Waals surface area contributed by atoms with Gasteiger partial charge in [0.1, 0.15) is 0 Å². The standard InChI is InChI=1S/C11H17BrO/c1-10(9-12)5-4-7-11-6-2-3-8-13-11/h2-3,11H,1,4-9H2. The zero-order valence-electron chi connectivity index (χ0n) is 7.97. The second-order valence-electron chi connectivity index (χ2n) is 3.44. The second kappa shape index (κ2) is 6.39. The van der Waals surface area contributed by atoms with Gasteiger partial charge in [0.2, 0.25) is 0 Å². The molecule has 1 rings (SSSR count). The molecule has 0 radical (unpaired) electrons. The number of rotatable bonds is 5. The monoisotopic (exact) mass is 244 g/mol. The van der Waals surface area contributed by atoms with Crippen molar-refractivity contribution < 1.29 is 4.74 Å². The summed E-state index contributed by atoms with van der Waals surface area (Å²) in [4.78, 5) is 0. The fraction of sp³-hybridized carbons (Fsp3) is 0.636. The number of halogens is 1. The lowest BCUT2D eigenvalue weighted by atomic mass is 10.1. The molecule has 1 atom stereocenters. The minimum atomic E-state index is 0.452. The fourth-order valence-electron chi connectivity index (χ4n) is 1.42. The first-order valence-electron chi connectivity index (χ1n) is 4.82. The first kappa shape index (κ1) is 11.0. The molecule has 1 unspecified atom stereocenters. The number of alkyl halides is 1. The summed E-state index contributed by atoms with van der Waals surface area (Å²) in [5.41, 5.74) is 1.28. The van der Waals surface area contributed by atoms with Gasteiger partial charge in [0.15, 0.2) is 0 Å². The summed E-state index contributed by atoms with van der Waals surface area (Å²) in [5, 5.41) is 0.929. The lowest BCUT2D eigenvalue weighted by Crippen LogP contribution is -2.15. The SMILES string of the molecule is C=C(CBr)CCCC1CC=CCO1. The van der Waals surface area contributed by atoms with Crippen molar-refractivity contribution in [2.45, 2.75) is 31.8 Å². The molecule has 0 saturated heterocycles. The maximum atomic E-state index is 5.57. The summed E-state index contributed by atoms with van der Waals surface area (Å²) in [6, 6.07) is 0. The molecule has 0 aromatic heterocycles. The predicted molar refractivity (Wildman–Crippen MR) is 60.3 cm³/mol. The van der Waals surface area contributed by atoms with Crippen molar-refractivity contribution in [3.8, 4) is 0 Å². The van der Waals surface area contributed by atoms with Crippen molar-refractivity contribution in [1.29, 1.82) is 0 Å². The zero-order valence-corrected chi connectivity index (χ0v) is 9.55. The molecule has 0 amide bonds. The van der Waals surface area contributed by atoms with Crippen LogP contribution in [0.5, 0.6) is 0 Å². The van der Waals surface area contributed by atoms with Crippen LogP contribution < -0.4 is 0 Å². The van der Waals surface area contributed by atoms with E-state index in [2.05, 4.69) is 34.7 Å². The third-order valence-corrected chi connectivity index (χ3v) is 3.03. The summed E-state index contributed by atoms with van der Waals surface area (Å²) < 4.78 is 5.57. The average Bonchev–Trinajstić information content (AvgIpc) is 2.19. The quantitative estimate of drug-likeness (QED) is 0.532. The Bertz CT molecular complexity index is 187. The smallest absolute Gasteiger partial charge is 0.0651 e. The maximum Gasteiger partial charge on any atom is 0.0651 e. The summed E-state index contributed by atoms with van der Waals surface area (Å²) in [6.45, 7) is 4.75. The Morgan fingerprint density at radius 2 is 2.38 bits per heavy atom. The molecule has 0 fully saturated rings. The molecule has 0 spiro atoms. The van der Waals surface area contributed by atoms with Crippen LogP contribution >= 0.6 is 15.9 Å². The van der Waals surface area contributed by atoms with Gasteiger partial charge < -0.3 is 4.74 Å². The lowest BCUT2D eigenvalue weighted by Gasteiger charge is -2.18. The van der Waals surface area contributed by atoms with Crippen molar-refractivity contribution in [3.05, 3.63) is 24.3 Å². The Morgan fingerprint density at radius 1 is 1.54 bits per heavy atom. The topological polar surface area (TPSA) is 9.23 Å². The molecule has 0 saturated carbocycles. The van der Waals surface area contributed by atoms with Gasteiger partial charge in [-0.05, 0) is 25.7 Å². The van der Waals surface area contributed by atoms with E-state index in [1.54, 1.807) is 0 Å². The Labute approximate surface area is 89.0 Å². The molecule has 0 aliphatic carbocycles. The molecule has 0 bridgehead atoms. The number of allylic oxidation sites excluding steroid dienone is 1. The number of ether oxygens (including phenoxy) is 1. The normalized spacial score (nSPS) is 21.8. The van der Waals surface area contributed by atoms with E-state index in [4.69, 9.17) is 4.74 Å². The van der Waals surface area contributed by atoms with E-state index in [0.29, 0.717) is 6.10 Å². The molecule has 1 aliphatic heterocycles. The molecular formula is C11H17BrO. The first-order chi connectivity index (χ1) is 6.33. The van der Waals surface area contributed by atoms with Crippen molar-refractivity contribution in [2.24, 2.45) is 0 Å². The van der Waals surface area contributed by atoms with E-state index < -0.39 is 0 Å². The predicted octanol–water partition coefficient (Wildman–Crippen LogP) is 3.45. The summed E-state index contributed by atoms with van der Waals surface area (Å²) in [5.74, 6) is 0.